The van der Waals surface area contributed by atoms with Crippen LogP contribution in [0.2, 0.25) is 5.02 Å². The van der Waals surface area contributed by atoms with E-state index in [9.17, 15) is 19.2 Å². The maximum Gasteiger partial charge on any atom is 0.297 e. The van der Waals surface area contributed by atoms with Crippen LogP contribution < -0.4 is 26.7 Å². The molecule has 0 saturated heterocycles. The summed E-state index contributed by atoms with van der Waals surface area (Å²) in [5.41, 5.74) is -3.35. The zero-order valence-corrected chi connectivity index (χ0v) is 10.2. The second-order valence-electron chi connectivity index (χ2n) is 3.91. The zero-order chi connectivity index (χ0) is 13.9. The molecule has 2 heterocycles. The molecule has 96 valence electrons. The average molecular weight is 281 g/mol. The standard InChI is InChI=1S/C11H5ClN2O5/c1-19-9-2-5(13-10(17)7(2)15)4(12)6-3(9)8(16)11(18)14-6/h1H3,(H,13,15,17)(H,14,16,18). The van der Waals surface area contributed by atoms with Gasteiger partial charge in [0.05, 0.1) is 33.9 Å². The third-order valence-corrected chi connectivity index (χ3v) is 3.32. The number of hydrogen-bond acceptors (Lipinski definition) is 5. The normalized spacial score (nSPS) is 11.5. The molecule has 0 radical (unpaired) electrons. The molecule has 0 unspecified atom stereocenters. The summed E-state index contributed by atoms with van der Waals surface area (Å²) < 4.78 is 5.01. The van der Waals surface area contributed by atoms with Crippen molar-refractivity contribution in [1.82, 2.24) is 9.97 Å². The highest BCUT2D eigenvalue weighted by Gasteiger charge is 2.23. The molecule has 1 aromatic carbocycles. The van der Waals surface area contributed by atoms with Crippen LogP contribution in [0.25, 0.3) is 21.8 Å². The van der Waals surface area contributed by atoms with Crippen LogP contribution >= 0.6 is 11.6 Å². The fourth-order valence-electron chi connectivity index (χ4n) is 2.14. The lowest BCUT2D eigenvalue weighted by atomic mass is 10.1. The van der Waals surface area contributed by atoms with Gasteiger partial charge < -0.3 is 14.7 Å². The summed E-state index contributed by atoms with van der Waals surface area (Å²) in [5.74, 6) is -0.124. The lowest BCUT2D eigenvalue weighted by Crippen LogP contribution is -2.20. The van der Waals surface area contributed by atoms with E-state index in [2.05, 4.69) is 9.97 Å². The first-order valence-corrected chi connectivity index (χ1v) is 5.50. The molecule has 0 bridgehead atoms. The van der Waals surface area contributed by atoms with Gasteiger partial charge >= 0.3 is 0 Å². The van der Waals surface area contributed by atoms with E-state index in [1.54, 1.807) is 0 Å². The number of hydrogen-bond donors (Lipinski definition) is 2. The molecule has 0 aliphatic carbocycles. The lowest BCUT2D eigenvalue weighted by molar-refractivity contribution is 0.424. The number of halogens is 1. The highest BCUT2D eigenvalue weighted by molar-refractivity contribution is 6.40. The van der Waals surface area contributed by atoms with Gasteiger partial charge in [0.2, 0.25) is 0 Å². The highest BCUT2D eigenvalue weighted by Crippen LogP contribution is 2.34. The third-order valence-electron chi connectivity index (χ3n) is 2.94. The number of aromatic amines is 2. The molecule has 0 atom stereocenters. The molecular formula is C11H5ClN2O5. The van der Waals surface area contributed by atoms with Gasteiger partial charge in [-0.1, -0.05) is 11.6 Å². The zero-order valence-electron chi connectivity index (χ0n) is 9.42. The van der Waals surface area contributed by atoms with E-state index in [0.717, 1.165) is 0 Å². The Bertz CT molecular complexity index is 956. The van der Waals surface area contributed by atoms with E-state index in [1.165, 1.54) is 7.11 Å². The SMILES string of the molecule is COc1c2c(=O)c(=O)[nH]c2c(Cl)c2[nH]c(=O)c(=O)c12. The van der Waals surface area contributed by atoms with Crippen LogP contribution in [0.3, 0.4) is 0 Å². The Morgan fingerprint density at radius 2 is 1.32 bits per heavy atom. The Morgan fingerprint density at radius 1 is 0.895 bits per heavy atom. The molecule has 7 nitrogen and oxygen atoms in total. The predicted molar refractivity (Wildman–Crippen MR) is 69.2 cm³/mol. The Balaban J connectivity index is 2.86. The van der Waals surface area contributed by atoms with Crippen LogP contribution in [0.4, 0.5) is 0 Å². The molecule has 0 aliphatic rings. The van der Waals surface area contributed by atoms with Crippen molar-refractivity contribution in [3.8, 4) is 5.75 Å². The molecule has 2 aromatic heterocycles. The summed E-state index contributed by atoms with van der Waals surface area (Å²) in [6.45, 7) is 0. The van der Waals surface area contributed by atoms with E-state index < -0.39 is 22.0 Å². The van der Waals surface area contributed by atoms with Crippen molar-refractivity contribution >= 4 is 33.4 Å². The van der Waals surface area contributed by atoms with E-state index in [0.29, 0.717) is 0 Å². The van der Waals surface area contributed by atoms with Gasteiger partial charge in [0.15, 0.2) is 0 Å². The molecular weight excluding hydrogens is 276 g/mol. The van der Waals surface area contributed by atoms with Crippen LogP contribution in [0.5, 0.6) is 5.75 Å². The summed E-state index contributed by atoms with van der Waals surface area (Å²) >= 11 is 6.00. The van der Waals surface area contributed by atoms with Gasteiger partial charge in [0.25, 0.3) is 22.0 Å². The Kier molecular flexibility index (Phi) is 2.18. The van der Waals surface area contributed by atoms with Crippen molar-refractivity contribution in [2.75, 3.05) is 7.11 Å². The molecule has 0 fully saturated rings. The van der Waals surface area contributed by atoms with Crippen molar-refractivity contribution < 1.29 is 4.74 Å². The summed E-state index contributed by atoms with van der Waals surface area (Å²) in [5, 5.41) is -0.314. The quantitative estimate of drug-likeness (QED) is 0.591. The van der Waals surface area contributed by atoms with Crippen LogP contribution in [0, 0.1) is 0 Å². The van der Waals surface area contributed by atoms with Crippen molar-refractivity contribution in [2.24, 2.45) is 0 Å². The molecule has 0 aliphatic heterocycles. The number of methoxy groups -OCH3 is 1. The molecule has 0 saturated carbocycles. The Hall–Kier alpha value is -2.41. The minimum absolute atomic E-state index is 0.0438. The largest absolute Gasteiger partial charge is 0.495 e. The van der Waals surface area contributed by atoms with E-state index in [4.69, 9.17) is 16.3 Å². The topological polar surface area (TPSA) is 109 Å². The minimum Gasteiger partial charge on any atom is -0.495 e. The fourth-order valence-corrected chi connectivity index (χ4v) is 2.42. The molecule has 19 heavy (non-hydrogen) atoms. The number of nitrogens with one attached hydrogen (secondary N) is 2. The third kappa shape index (κ3) is 1.27. The maximum absolute atomic E-state index is 11.7. The van der Waals surface area contributed by atoms with E-state index in [1.807, 2.05) is 0 Å². The molecule has 2 N–H and O–H groups in total. The predicted octanol–water partition coefficient (Wildman–Crippen LogP) is -0.372. The molecule has 3 rings (SSSR count). The smallest absolute Gasteiger partial charge is 0.297 e. The average Bonchev–Trinajstić information content (AvgIpc) is 2.84. The van der Waals surface area contributed by atoms with E-state index in [-0.39, 0.29) is 32.6 Å². The number of benzene rings is 1. The highest BCUT2D eigenvalue weighted by atomic mass is 35.5. The summed E-state index contributed by atoms with van der Waals surface area (Å²) in [6.07, 6.45) is 0. The first-order chi connectivity index (χ1) is 8.97. The van der Waals surface area contributed by atoms with Crippen molar-refractivity contribution in [2.45, 2.75) is 0 Å². The van der Waals surface area contributed by atoms with Gasteiger partial charge in [-0.25, -0.2) is 0 Å². The van der Waals surface area contributed by atoms with Crippen LogP contribution in [0.1, 0.15) is 0 Å². The summed E-state index contributed by atoms with van der Waals surface area (Å²) in [6, 6.07) is 0. The number of ether oxygens (including phenoxy) is 1. The fraction of sp³-hybridized carbons (Fsp3) is 0.0909. The van der Waals surface area contributed by atoms with Gasteiger partial charge in [-0.05, 0) is 0 Å². The van der Waals surface area contributed by atoms with Gasteiger partial charge in [-0.15, -0.1) is 0 Å². The summed E-state index contributed by atoms with van der Waals surface area (Å²) in [4.78, 5) is 50.8. The number of H-pyrrole nitrogens is 2. The molecule has 3 aromatic rings. The molecule has 0 amide bonds. The summed E-state index contributed by atoms with van der Waals surface area (Å²) in [7, 11) is 1.23. The Morgan fingerprint density at radius 3 is 1.68 bits per heavy atom. The number of fused-ring (bicyclic) bond motifs is 2. The number of aromatic nitrogens is 2. The maximum atomic E-state index is 11.7. The minimum atomic E-state index is -0.863. The van der Waals surface area contributed by atoms with Crippen molar-refractivity contribution in [3.05, 3.63) is 46.2 Å². The molecule has 8 heteroatoms. The molecule has 0 spiro atoms. The Labute approximate surface area is 108 Å². The first kappa shape index (κ1) is 11.7. The van der Waals surface area contributed by atoms with Gasteiger partial charge in [0, 0.05) is 0 Å². The second-order valence-corrected chi connectivity index (χ2v) is 4.29. The van der Waals surface area contributed by atoms with Crippen LogP contribution in [0.15, 0.2) is 19.2 Å². The van der Waals surface area contributed by atoms with Gasteiger partial charge in [0.1, 0.15) is 5.75 Å². The van der Waals surface area contributed by atoms with Crippen LogP contribution in [-0.4, -0.2) is 17.1 Å². The van der Waals surface area contributed by atoms with Gasteiger partial charge in [-0.2, -0.15) is 0 Å². The van der Waals surface area contributed by atoms with E-state index >= 15 is 0 Å². The van der Waals surface area contributed by atoms with Crippen molar-refractivity contribution in [3.63, 3.8) is 0 Å². The second kappa shape index (κ2) is 3.55. The monoisotopic (exact) mass is 280 g/mol. The first-order valence-electron chi connectivity index (χ1n) is 5.12. The van der Waals surface area contributed by atoms with Gasteiger partial charge in [-0.3, -0.25) is 19.2 Å². The lowest BCUT2D eigenvalue weighted by Gasteiger charge is -2.04. The van der Waals surface area contributed by atoms with Crippen molar-refractivity contribution in [1.29, 1.82) is 0 Å². The van der Waals surface area contributed by atoms with Crippen LogP contribution in [-0.2, 0) is 0 Å². The number of rotatable bonds is 1.